The molecule has 0 aliphatic carbocycles. The molecule has 0 heterocycles. The number of unbranched alkanes of at least 4 members (excludes halogenated alkanes) is 1. The third kappa shape index (κ3) is 9.31. The van der Waals surface area contributed by atoms with E-state index in [1.807, 2.05) is 37.3 Å². The van der Waals surface area contributed by atoms with Crippen molar-refractivity contribution in [2.45, 2.75) is 43.7 Å². The lowest BCUT2D eigenvalue weighted by atomic mass is 10.0. The number of anilines is 1. The number of nitro benzene ring substituents is 1. The lowest BCUT2D eigenvalue weighted by Gasteiger charge is -2.34. The fourth-order valence-electron chi connectivity index (χ4n) is 4.88. The Kier molecular flexibility index (Phi) is 12.4. The molecule has 10 nitrogen and oxygen atoms in total. The Balaban J connectivity index is 1.81. The zero-order chi connectivity index (χ0) is 34.0. The van der Waals surface area contributed by atoms with Gasteiger partial charge in [0, 0.05) is 41.7 Å². The number of hydrogen-bond acceptors (Lipinski definition) is 6. The van der Waals surface area contributed by atoms with Crippen LogP contribution in [0.1, 0.15) is 30.9 Å². The van der Waals surface area contributed by atoms with Crippen LogP contribution in [0.4, 0.5) is 11.4 Å². The molecule has 47 heavy (non-hydrogen) atoms. The monoisotopic (exact) mass is 696 g/mol. The molecule has 4 aromatic rings. The molecular formula is C34H34Cl2N4O6S. The van der Waals surface area contributed by atoms with Crippen LogP contribution in [0.25, 0.3) is 0 Å². The van der Waals surface area contributed by atoms with Gasteiger partial charge >= 0.3 is 0 Å². The van der Waals surface area contributed by atoms with Crippen molar-refractivity contribution in [1.82, 2.24) is 10.2 Å². The second-order valence-corrected chi connectivity index (χ2v) is 13.4. The molecule has 13 heteroatoms. The van der Waals surface area contributed by atoms with Gasteiger partial charge in [0.2, 0.25) is 11.8 Å². The van der Waals surface area contributed by atoms with Gasteiger partial charge in [0.15, 0.2) is 0 Å². The van der Waals surface area contributed by atoms with Crippen LogP contribution in [-0.4, -0.2) is 49.2 Å². The average molecular weight is 698 g/mol. The van der Waals surface area contributed by atoms with Crippen molar-refractivity contribution >= 4 is 56.4 Å². The smallest absolute Gasteiger partial charge is 0.269 e. The maximum atomic E-state index is 14.5. The Morgan fingerprint density at radius 1 is 0.915 bits per heavy atom. The topological polar surface area (TPSA) is 130 Å². The van der Waals surface area contributed by atoms with Gasteiger partial charge in [-0.1, -0.05) is 91.1 Å². The molecule has 0 saturated heterocycles. The maximum Gasteiger partial charge on any atom is 0.269 e. The number of hydrogen-bond donors (Lipinski definition) is 1. The Morgan fingerprint density at radius 2 is 1.55 bits per heavy atom. The summed E-state index contributed by atoms with van der Waals surface area (Å²) in [6.07, 6.45) is 1.71. The zero-order valence-electron chi connectivity index (χ0n) is 25.6. The van der Waals surface area contributed by atoms with Gasteiger partial charge < -0.3 is 10.2 Å². The predicted molar refractivity (Wildman–Crippen MR) is 183 cm³/mol. The summed E-state index contributed by atoms with van der Waals surface area (Å²) in [7, 11) is -4.35. The van der Waals surface area contributed by atoms with Gasteiger partial charge in [-0.25, -0.2) is 8.42 Å². The number of carbonyl (C=O) groups excluding carboxylic acids is 2. The normalized spacial score (nSPS) is 11.8. The molecule has 4 rings (SSSR count). The number of nitrogens with one attached hydrogen (secondary N) is 1. The van der Waals surface area contributed by atoms with E-state index in [1.165, 1.54) is 35.2 Å². The van der Waals surface area contributed by atoms with Crippen LogP contribution < -0.4 is 9.62 Å². The molecule has 1 atom stereocenters. The Hall–Kier alpha value is -4.45. The molecule has 0 spiro atoms. The fourth-order valence-corrected chi connectivity index (χ4v) is 6.79. The van der Waals surface area contributed by atoms with Gasteiger partial charge in [-0.3, -0.25) is 24.0 Å². The molecule has 246 valence electrons. The van der Waals surface area contributed by atoms with E-state index in [-0.39, 0.29) is 34.3 Å². The van der Waals surface area contributed by atoms with Gasteiger partial charge in [-0.15, -0.1) is 0 Å². The summed E-state index contributed by atoms with van der Waals surface area (Å²) in [5, 5.41) is 14.9. The SMILES string of the molecule is CCCCNC(=O)C(Cc1ccccc1)N(Cc1ccc(Cl)cc1Cl)C(=O)CN(c1ccc([N+](=O)[O-])cc1)S(=O)(=O)c1ccccc1. The highest BCUT2D eigenvalue weighted by atomic mass is 35.5. The minimum Gasteiger partial charge on any atom is -0.354 e. The number of rotatable bonds is 15. The predicted octanol–water partition coefficient (Wildman–Crippen LogP) is 6.65. The molecule has 2 amide bonds. The van der Waals surface area contributed by atoms with Gasteiger partial charge in [0.1, 0.15) is 12.6 Å². The maximum absolute atomic E-state index is 14.5. The molecule has 1 unspecified atom stereocenters. The number of nitrogens with zero attached hydrogens (tertiary/aromatic N) is 3. The third-order valence-electron chi connectivity index (χ3n) is 7.42. The molecule has 0 aliphatic heterocycles. The number of benzene rings is 4. The van der Waals surface area contributed by atoms with E-state index in [2.05, 4.69) is 5.32 Å². The highest BCUT2D eigenvalue weighted by Gasteiger charge is 2.35. The first kappa shape index (κ1) is 35.4. The summed E-state index contributed by atoms with van der Waals surface area (Å²) in [5.41, 5.74) is 1.07. The summed E-state index contributed by atoms with van der Waals surface area (Å²) in [6, 6.07) is 25.3. The average Bonchev–Trinajstić information content (AvgIpc) is 3.07. The first-order chi connectivity index (χ1) is 22.5. The minimum atomic E-state index is -4.35. The standard InChI is InChI=1S/C34H34Cl2N4O6S/c1-2-3-20-37-34(42)32(21-25-10-6-4-7-11-25)38(23-26-14-15-27(35)22-31(26)36)33(41)24-39(28-16-18-29(19-17-28)40(43)44)47(45,46)30-12-8-5-9-13-30/h4-19,22,32H,2-3,20-21,23-24H2,1H3,(H,37,42). The summed E-state index contributed by atoms with van der Waals surface area (Å²) in [4.78, 5) is 40.3. The number of halogens is 2. The van der Waals surface area contributed by atoms with Crippen molar-refractivity contribution in [2.24, 2.45) is 0 Å². The van der Waals surface area contributed by atoms with E-state index in [1.54, 1.807) is 30.3 Å². The van der Waals surface area contributed by atoms with Crippen molar-refractivity contribution in [1.29, 1.82) is 0 Å². The van der Waals surface area contributed by atoms with Crippen molar-refractivity contribution in [3.8, 4) is 0 Å². The van der Waals surface area contributed by atoms with E-state index in [0.717, 1.165) is 34.8 Å². The van der Waals surface area contributed by atoms with Crippen LogP contribution in [0.2, 0.25) is 10.0 Å². The van der Waals surface area contributed by atoms with Crippen LogP contribution in [-0.2, 0) is 32.6 Å². The first-order valence-corrected chi connectivity index (χ1v) is 17.1. The number of nitro groups is 1. The Bertz CT molecular complexity index is 1790. The van der Waals surface area contributed by atoms with E-state index in [9.17, 15) is 28.1 Å². The van der Waals surface area contributed by atoms with E-state index in [0.29, 0.717) is 17.1 Å². The number of amides is 2. The van der Waals surface area contributed by atoms with E-state index >= 15 is 0 Å². The van der Waals surface area contributed by atoms with E-state index in [4.69, 9.17) is 23.2 Å². The molecule has 0 aliphatic rings. The highest BCUT2D eigenvalue weighted by Crippen LogP contribution is 2.28. The lowest BCUT2D eigenvalue weighted by Crippen LogP contribution is -2.53. The fraction of sp³-hybridized carbons (Fsp3) is 0.235. The number of non-ortho nitro benzene ring substituents is 1. The van der Waals surface area contributed by atoms with Gasteiger partial charge in [-0.2, -0.15) is 0 Å². The summed E-state index contributed by atoms with van der Waals surface area (Å²) < 4.78 is 29.0. The zero-order valence-corrected chi connectivity index (χ0v) is 27.9. The van der Waals surface area contributed by atoms with Crippen molar-refractivity contribution in [2.75, 3.05) is 17.4 Å². The largest absolute Gasteiger partial charge is 0.354 e. The van der Waals surface area contributed by atoms with Crippen LogP contribution in [0.5, 0.6) is 0 Å². The quantitative estimate of drug-likeness (QED) is 0.0841. The van der Waals surface area contributed by atoms with Gasteiger partial charge in [-0.05, 0) is 53.9 Å². The summed E-state index contributed by atoms with van der Waals surface area (Å²) >= 11 is 12.7. The first-order valence-electron chi connectivity index (χ1n) is 14.9. The van der Waals surface area contributed by atoms with Crippen molar-refractivity contribution in [3.05, 3.63) is 134 Å². The molecule has 0 fully saturated rings. The molecule has 0 radical (unpaired) electrons. The second-order valence-electron chi connectivity index (χ2n) is 10.7. The molecule has 0 bridgehead atoms. The van der Waals surface area contributed by atoms with Crippen molar-refractivity contribution < 1.29 is 22.9 Å². The Labute approximate surface area is 284 Å². The summed E-state index contributed by atoms with van der Waals surface area (Å²) in [5.74, 6) is -1.10. The molecule has 0 saturated carbocycles. The second kappa shape index (κ2) is 16.4. The molecule has 0 aromatic heterocycles. The van der Waals surface area contributed by atoms with Gasteiger partial charge in [0.25, 0.3) is 15.7 Å². The third-order valence-corrected chi connectivity index (χ3v) is 9.79. The summed E-state index contributed by atoms with van der Waals surface area (Å²) in [6.45, 7) is 1.54. The molecular weight excluding hydrogens is 663 g/mol. The Morgan fingerprint density at radius 3 is 2.15 bits per heavy atom. The lowest BCUT2D eigenvalue weighted by molar-refractivity contribution is -0.384. The van der Waals surface area contributed by atoms with Crippen molar-refractivity contribution in [3.63, 3.8) is 0 Å². The molecule has 4 aromatic carbocycles. The molecule has 1 N–H and O–H groups in total. The van der Waals surface area contributed by atoms with Crippen LogP contribution in [0.3, 0.4) is 0 Å². The minimum absolute atomic E-state index is 0.0317. The number of carbonyl (C=O) groups is 2. The van der Waals surface area contributed by atoms with E-state index < -0.39 is 39.3 Å². The highest BCUT2D eigenvalue weighted by molar-refractivity contribution is 7.92. The van der Waals surface area contributed by atoms with Gasteiger partial charge in [0.05, 0.1) is 15.5 Å². The van der Waals surface area contributed by atoms with Crippen LogP contribution >= 0.6 is 23.2 Å². The van der Waals surface area contributed by atoms with Crippen LogP contribution in [0.15, 0.2) is 108 Å². The number of sulfonamides is 1. The van der Waals surface area contributed by atoms with Crippen LogP contribution in [0, 0.1) is 10.1 Å².